The van der Waals surface area contributed by atoms with Gasteiger partial charge in [0, 0.05) is 5.69 Å². The highest BCUT2D eigenvalue weighted by atomic mass is 16.5. The number of anilines is 1. The number of hydrogen-bond donors (Lipinski definition) is 1. The van der Waals surface area contributed by atoms with Gasteiger partial charge in [0.05, 0.1) is 0 Å². The summed E-state index contributed by atoms with van der Waals surface area (Å²) in [5, 5.41) is 2.97. The summed E-state index contributed by atoms with van der Waals surface area (Å²) in [7, 11) is 0. The van der Waals surface area contributed by atoms with Gasteiger partial charge in [-0.05, 0) is 61.6 Å². The van der Waals surface area contributed by atoms with Crippen molar-refractivity contribution in [2.75, 3.05) is 5.32 Å². The molecule has 0 aliphatic heterocycles. The van der Waals surface area contributed by atoms with Gasteiger partial charge in [0.25, 0.3) is 5.91 Å². The first kappa shape index (κ1) is 17.1. The number of para-hydroxylation sites is 1. The van der Waals surface area contributed by atoms with Crippen molar-refractivity contribution in [3.8, 4) is 5.75 Å². The Bertz CT molecular complexity index is 692. The van der Waals surface area contributed by atoms with Crippen LogP contribution in [0.5, 0.6) is 5.75 Å². The van der Waals surface area contributed by atoms with Gasteiger partial charge in [0.1, 0.15) is 5.75 Å². The standard InChI is InChI=1S/C20H25NO2/c1-13(2)18-8-6-7-9-19(18)21-20(22)16(5)23-17-11-10-14(3)15(4)12-17/h6-13,16H,1-5H3,(H,21,22)/t16-/m1/s1. The number of nitrogens with one attached hydrogen (secondary N) is 1. The number of benzene rings is 2. The zero-order chi connectivity index (χ0) is 17.0. The number of rotatable bonds is 5. The molecule has 0 fully saturated rings. The van der Waals surface area contributed by atoms with E-state index in [1.54, 1.807) is 6.92 Å². The fourth-order valence-electron chi connectivity index (χ4n) is 2.39. The lowest BCUT2D eigenvalue weighted by Gasteiger charge is -2.18. The molecule has 0 radical (unpaired) electrons. The SMILES string of the molecule is Cc1ccc(O[C@H](C)C(=O)Nc2ccccc2C(C)C)cc1C. The molecule has 0 unspecified atom stereocenters. The molecule has 122 valence electrons. The Labute approximate surface area is 138 Å². The summed E-state index contributed by atoms with van der Waals surface area (Å²) >= 11 is 0. The largest absolute Gasteiger partial charge is 0.481 e. The maximum absolute atomic E-state index is 12.4. The first-order valence-corrected chi connectivity index (χ1v) is 8.02. The Balaban J connectivity index is 2.07. The molecule has 2 aromatic carbocycles. The zero-order valence-corrected chi connectivity index (χ0v) is 14.5. The summed E-state index contributed by atoms with van der Waals surface area (Å²) in [6.07, 6.45) is -0.558. The average molecular weight is 311 g/mol. The Hall–Kier alpha value is -2.29. The normalized spacial score (nSPS) is 12.1. The van der Waals surface area contributed by atoms with Crippen LogP contribution in [0, 0.1) is 13.8 Å². The van der Waals surface area contributed by atoms with E-state index in [-0.39, 0.29) is 5.91 Å². The van der Waals surface area contributed by atoms with Gasteiger partial charge in [-0.15, -0.1) is 0 Å². The molecule has 0 saturated carbocycles. The van der Waals surface area contributed by atoms with Crippen LogP contribution in [0.3, 0.4) is 0 Å². The van der Waals surface area contributed by atoms with Crippen molar-refractivity contribution < 1.29 is 9.53 Å². The van der Waals surface area contributed by atoms with E-state index in [1.165, 1.54) is 5.56 Å². The van der Waals surface area contributed by atoms with E-state index in [0.29, 0.717) is 11.7 Å². The van der Waals surface area contributed by atoms with E-state index in [4.69, 9.17) is 4.74 Å². The Morgan fingerprint density at radius 3 is 2.35 bits per heavy atom. The quantitative estimate of drug-likeness (QED) is 0.858. The molecule has 0 saturated heterocycles. The highest BCUT2D eigenvalue weighted by Gasteiger charge is 2.17. The van der Waals surface area contributed by atoms with Gasteiger partial charge in [-0.2, -0.15) is 0 Å². The van der Waals surface area contributed by atoms with Gasteiger partial charge in [-0.25, -0.2) is 0 Å². The number of amides is 1. The van der Waals surface area contributed by atoms with Crippen LogP contribution in [-0.4, -0.2) is 12.0 Å². The Kier molecular flexibility index (Phi) is 5.43. The molecule has 1 amide bonds. The third-order valence-corrected chi connectivity index (χ3v) is 4.00. The van der Waals surface area contributed by atoms with E-state index < -0.39 is 6.10 Å². The lowest BCUT2D eigenvalue weighted by atomic mass is 10.0. The molecule has 23 heavy (non-hydrogen) atoms. The topological polar surface area (TPSA) is 38.3 Å². The number of carbonyl (C=O) groups excluding carboxylic acids is 1. The smallest absolute Gasteiger partial charge is 0.265 e. The van der Waals surface area contributed by atoms with Crippen LogP contribution in [0.4, 0.5) is 5.69 Å². The second-order valence-corrected chi connectivity index (χ2v) is 6.24. The van der Waals surface area contributed by atoms with Crippen LogP contribution in [0.2, 0.25) is 0 Å². The molecule has 2 rings (SSSR count). The molecule has 0 heterocycles. The van der Waals surface area contributed by atoms with E-state index in [1.807, 2.05) is 49.4 Å². The maximum Gasteiger partial charge on any atom is 0.265 e. The molecule has 3 heteroatoms. The second-order valence-electron chi connectivity index (χ2n) is 6.24. The van der Waals surface area contributed by atoms with Gasteiger partial charge in [0.15, 0.2) is 6.10 Å². The minimum Gasteiger partial charge on any atom is -0.481 e. The molecule has 0 bridgehead atoms. The summed E-state index contributed by atoms with van der Waals surface area (Å²) < 4.78 is 5.77. The second kappa shape index (κ2) is 7.32. The van der Waals surface area contributed by atoms with Crippen molar-refractivity contribution in [2.24, 2.45) is 0 Å². The van der Waals surface area contributed by atoms with E-state index in [9.17, 15) is 4.79 Å². The van der Waals surface area contributed by atoms with Gasteiger partial charge in [-0.1, -0.05) is 38.1 Å². The summed E-state index contributed by atoms with van der Waals surface area (Å²) in [4.78, 5) is 12.4. The third-order valence-electron chi connectivity index (χ3n) is 4.00. The van der Waals surface area contributed by atoms with Crippen molar-refractivity contribution in [2.45, 2.75) is 46.6 Å². The fourth-order valence-corrected chi connectivity index (χ4v) is 2.39. The molecule has 0 aliphatic rings. The van der Waals surface area contributed by atoms with Crippen molar-refractivity contribution in [3.05, 3.63) is 59.2 Å². The number of carbonyl (C=O) groups is 1. The van der Waals surface area contributed by atoms with Crippen LogP contribution in [-0.2, 0) is 4.79 Å². The van der Waals surface area contributed by atoms with Crippen molar-refractivity contribution in [1.29, 1.82) is 0 Å². The number of ether oxygens (including phenoxy) is 1. The Morgan fingerprint density at radius 2 is 1.70 bits per heavy atom. The monoisotopic (exact) mass is 311 g/mol. The van der Waals surface area contributed by atoms with E-state index in [2.05, 4.69) is 26.1 Å². The summed E-state index contributed by atoms with van der Waals surface area (Å²) in [5.74, 6) is 0.923. The molecule has 0 aromatic heterocycles. The third kappa shape index (κ3) is 4.35. The van der Waals surface area contributed by atoms with E-state index >= 15 is 0 Å². The van der Waals surface area contributed by atoms with Crippen molar-refractivity contribution in [1.82, 2.24) is 0 Å². The minimum atomic E-state index is -0.558. The Morgan fingerprint density at radius 1 is 1.00 bits per heavy atom. The molecule has 1 N–H and O–H groups in total. The van der Waals surface area contributed by atoms with Gasteiger partial charge in [-0.3, -0.25) is 4.79 Å². The predicted octanol–water partition coefficient (Wildman–Crippen LogP) is 4.83. The first-order valence-electron chi connectivity index (χ1n) is 8.02. The molecule has 2 aromatic rings. The number of aryl methyl sites for hydroxylation is 2. The van der Waals surface area contributed by atoms with Gasteiger partial charge in [0.2, 0.25) is 0 Å². The lowest BCUT2D eigenvalue weighted by molar-refractivity contribution is -0.122. The van der Waals surface area contributed by atoms with Crippen LogP contribution in [0.1, 0.15) is 43.4 Å². The molecule has 0 aliphatic carbocycles. The summed E-state index contributed by atoms with van der Waals surface area (Å²) in [6, 6.07) is 13.7. The molecular weight excluding hydrogens is 286 g/mol. The van der Waals surface area contributed by atoms with Crippen LogP contribution in [0.25, 0.3) is 0 Å². The van der Waals surface area contributed by atoms with Crippen LogP contribution >= 0.6 is 0 Å². The highest BCUT2D eigenvalue weighted by Crippen LogP contribution is 2.24. The lowest BCUT2D eigenvalue weighted by Crippen LogP contribution is -2.30. The van der Waals surface area contributed by atoms with Gasteiger partial charge >= 0.3 is 0 Å². The predicted molar refractivity (Wildman–Crippen MR) is 95.2 cm³/mol. The molecule has 0 spiro atoms. The molecule has 3 nitrogen and oxygen atoms in total. The number of hydrogen-bond acceptors (Lipinski definition) is 2. The zero-order valence-electron chi connectivity index (χ0n) is 14.5. The van der Waals surface area contributed by atoms with Crippen LogP contribution < -0.4 is 10.1 Å². The maximum atomic E-state index is 12.4. The molecule has 1 atom stereocenters. The van der Waals surface area contributed by atoms with Gasteiger partial charge < -0.3 is 10.1 Å². The molecular formula is C20H25NO2. The van der Waals surface area contributed by atoms with E-state index in [0.717, 1.165) is 16.8 Å². The fraction of sp³-hybridized carbons (Fsp3) is 0.350. The van der Waals surface area contributed by atoms with Crippen molar-refractivity contribution >= 4 is 11.6 Å². The average Bonchev–Trinajstić information content (AvgIpc) is 2.51. The minimum absolute atomic E-state index is 0.142. The van der Waals surface area contributed by atoms with Crippen LogP contribution in [0.15, 0.2) is 42.5 Å². The summed E-state index contributed by atoms with van der Waals surface area (Å²) in [5.41, 5.74) is 4.34. The summed E-state index contributed by atoms with van der Waals surface area (Å²) in [6.45, 7) is 10.1. The highest BCUT2D eigenvalue weighted by molar-refractivity contribution is 5.94. The van der Waals surface area contributed by atoms with Crippen molar-refractivity contribution in [3.63, 3.8) is 0 Å². The first-order chi connectivity index (χ1) is 10.9.